The summed E-state index contributed by atoms with van der Waals surface area (Å²) in [6, 6.07) is 6.91. The molecule has 210 valence electrons. The van der Waals surface area contributed by atoms with E-state index in [9.17, 15) is 39.6 Å². The van der Waals surface area contributed by atoms with Crippen LogP contribution in [0.15, 0.2) is 41.3 Å². The topological polar surface area (TPSA) is 122 Å². The molecule has 1 aliphatic rings. The van der Waals surface area contributed by atoms with Gasteiger partial charge in [-0.3, -0.25) is 4.72 Å². The molecule has 0 aliphatic carbocycles. The van der Waals surface area contributed by atoms with Crippen molar-refractivity contribution in [1.29, 1.82) is 0 Å². The van der Waals surface area contributed by atoms with Gasteiger partial charge in [0.15, 0.2) is 0 Å². The van der Waals surface area contributed by atoms with E-state index < -0.39 is 39.9 Å². The molecular weight excluding hydrogens is 546 g/mol. The largest absolute Gasteiger partial charge is 0.490 e. The highest BCUT2D eigenvalue weighted by atomic mass is 32.2. The van der Waals surface area contributed by atoms with Crippen LogP contribution in [0.2, 0.25) is 0 Å². The molecule has 0 aromatic heterocycles. The molecule has 1 fully saturated rings. The Bertz CT molecular complexity index is 1270. The Morgan fingerprint density at radius 3 is 2.21 bits per heavy atom. The van der Waals surface area contributed by atoms with E-state index in [4.69, 9.17) is 9.90 Å². The maximum Gasteiger partial charge on any atom is 0.490 e. The first-order valence-corrected chi connectivity index (χ1v) is 12.5. The fraction of sp³-hybridized carbons (Fsp3) is 0.391. The van der Waals surface area contributed by atoms with E-state index in [1.165, 1.54) is 31.4 Å². The number of hydrogen-bond donors (Lipinski definition) is 3. The van der Waals surface area contributed by atoms with E-state index in [2.05, 4.69) is 14.8 Å². The number of rotatable bonds is 6. The molecule has 3 rings (SSSR count). The lowest BCUT2D eigenvalue weighted by Crippen LogP contribution is -2.21. The van der Waals surface area contributed by atoms with Gasteiger partial charge < -0.3 is 15.2 Å². The Kier molecular flexibility index (Phi) is 9.77. The zero-order valence-corrected chi connectivity index (χ0v) is 20.9. The molecule has 1 atom stereocenters. The molecule has 38 heavy (non-hydrogen) atoms. The predicted molar refractivity (Wildman–Crippen MR) is 123 cm³/mol. The van der Waals surface area contributed by atoms with Gasteiger partial charge >= 0.3 is 24.3 Å². The van der Waals surface area contributed by atoms with Gasteiger partial charge in [-0.25, -0.2) is 18.0 Å². The highest BCUT2D eigenvalue weighted by Crippen LogP contribution is 2.37. The molecule has 15 heteroatoms. The molecule has 0 amide bonds. The Morgan fingerprint density at radius 2 is 1.74 bits per heavy atom. The first kappa shape index (κ1) is 30.9. The van der Waals surface area contributed by atoms with Crippen LogP contribution in [0.5, 0.6) is 0 Å². The quantitative estimate of drug-likeness (QED) is 0.333. The first-order chi connectivity index (χ1) is 17.5. The molecule has 1 heterocycles. The highest BCUT2D eigenvalue weighted by Gasteiger charge is 2.38. The van der Waals surface area contributed by atoms with E-state index in [1.54, 1.807) is 6.92 Å². The van der Waals surface area contributed by atoms with Gasteiger partial charge in [-0.15, -0.1) is 0 Å². The lowest BCUT2D eigenvalue weighted by atomic mass is 10.0. The number of alkyl halides is 6. The smallest absolute Gasteiger partial charge is 0.475 e. The van der Waals surface area contributed by atoms with E-state index in [-0.39, 0.29) is 22.2 Å². The van der Waals surface area contributed by atoms with Crippen LogP contribution < -0.4 is 10.0 Å². The van der Waals surface area contributed by atoms with Crippen LogP contribution in [0, 0.1) is 0 Å². The minimum absolute atomic E-state index is 0.0294. The summed E-state index contributed by atoms with van der Waals surface area (Å²) >= 11 is 0. The number of aliphatic carboxylic acids is 1. The molecular formula is C23H24F6N2O6S. The molecule has 1 aliphatic heterocycles. The number of ether oxygens (including phenoxy) is 1. The van der Waals surface area contributed by atoms with Gasteiger partial charge in [0.05, 0.1) is 28.8 Å². The van der Waals surface area contributed by atoms with Gasteiger partial charge in [-0.2, -0.15) is 26.3 Å². The standard InChI is InChI=1S/C21H23F3N2O4S.C2HF3O2/c1-3-13-6-7-14(20(27)30-2)11-19(13)31(28,29)26-18-12-15(21(22,23)24)8-9-16(18)17-5-4-10-25-17;3-2(4,5)1(6)7/h6-9,11-12,17,25-26H,3-5,10H2,1-2H3;(H,6,7). The number of anilines is 1. The van der Waals surface area contributed by atoms with Crippen molar-refractivity contribution >= 4 is 27.6 Å². The number of sulfonamides is 1. The number of carboxylic acid groups (broad SMARTS) is 1. The number of carbonyl (C=O) groups is 2. The predicted octanol–water partition coefficient (Wildman–Crippen LogP) is 4.91. The number of nitrogens with one attached hydrogen (secondary N) is 2. The molecule has 0 bridgehead atoms. The normalized spacial score (nSPS) is 15.8. The summed E-state index contributed by atoms with van der Waals surface area (Å²) in [6.07, 6.45) is -7.85. The number of carbonyl (C=O) groups excluding carboxylic acids is 1. The van der Waals surface area contributed by atoms with Crippen molar-refractivity contribution in [2.75, 3.05) is 18.4 Å². The SMILES string of the molecule is CCc1ccc(C(=O)OC)cc1S(=O)(=O)Nc1cc(C(F)(F)F)ccc1C1CCCN1.O=C(O)C(F)(F)F. The monoisotopic (exact) mass is 570 g/mol. The van der Waals surface area contributed by atoms with E-state index in [0.717, 1.165) is 18.6 Å². The summed E-state index contributed by atoms with van der Waals surface area (Å²) in [5.74, 6) is -3.47. The van der Waals surface area contributed by atoms with E-state index >= 15 is 0 Å². The Labute approximate surface area is 214 Å². The van der Waals surface area contributed by atoms with Crippen LogP contribution in [-0.4, -0.2) is 45.3 Å². The van der Waals surface area contributed by atoms with Crippen molar-refractivity contribution in [3.05, 3.63) is 58.7 Å². The molecule has 0 saturated carbocycles. The van der Waals surface area contributed by atoms with Crippen molar-refractivity contribution in [3.63, 3.8) is 0 Å². The van der Waals surface area contributed by atoms with Crippen LogP contribution in [0.25, 0.3) is 0 Å². The number of benzene rings is 2. The average molecular weight is 571 g/mol. The summed E-state index contributed by atoms with van der Waals surface area (Å²) in [5.41, 5.74) is -0.198. The number of aryl methyl sites for hydroxylation is 1. The molecule has 1 saturated heterocycles. The van der Waals surface area contributed by atoms with E-state index in [0.29, 0.717) is 30.5 Å². The second-order valence-electron chi connectivity index (χ2n) is 8.02. The maximum absolute atomic E-state index is 13.3. The summed E-state index contributed by atoms with van der Waals surface area (Å²) in [4.78, 5) is 20.6. The van der Waals surface area contributed by atoms with Gasteiger partial charge in [-0.1, -0.05) is 19.1 Å². The van der Waals surface area contributed by atoms with Crippen molar-refractivity contribution < 1.29 is 54.2 Å². The lowest BCUT2D eigenvalue weighted by Gasteiger charge is -2.20. The molecule has 8 nitrogen and oxygen atoms in total. The zero-order chi connectivity index (χ0) is 28.9. The minimum atomic E-state index is -5.08. The molecule has 2 aromatic carbocycles. The Balaban J connectivity index is 0.000000638. The van der Waals surface area contributed by atoms with Crippen LogP contribution in [0.4, 0.5) is 32.0 Å². The fourth-order valence-electron chi connectivity index (χ4n) is 3.62. The Hall–Kier alpha value is -3.33. The summed E-state index contributed by atoms with van der Waals surface area (Å²) in [5, 5.41) is 10.3. The maximum atomic E-state index is 13.3. The van der Waals surface area contributed by atoms with Crippen LogP contribution in [-0.2, 0) is 32.2 Å². The third kappa shape index (κ3) is 7.84. The highest BCUT2D eigenvalue weighted by molar-refractivity contribution is 7.92. The van der Waals surface area contributed by atoms with E-state index in [1.807, 2.05) is 0 Å². The van der Waals surface area contributed by atoms with Crippen molar-refractivity contribution in [3.8, 4) is 0 Å². The number of methoxy groups -OCH3 is 1. The molecule has 0 radical (unpaired) electrons. The minimum Gasteiger partial charge on any atom is -0.475 e. The third-order valence-corrected chi connectivity index (χ3v) is 6.91. The van der Waals surface area contributed by atoms with Gasteiger partial charge in [-0.05, 0) is 61.2 Å². The second-order valence-corrected chi connectivity index (χ2v) is 9.68. The summed E-state index contributed by atoms with van der Waals surface area (Å²) < 4.78 is 105. The summed E-state index contributed by atoms with van der Waals surface area (Å²) in [6.45, 7) is 2.43. The van der Waals surface area contributed by atoms with Gasteiger partial charge in [0.25, 0.3) is 10.0 Å². The number of halogens is 6. The fourth-order valence-corrected chi connectivity index (χ4v) is 5.03. The second kappa shape index (κ2) is 12.0. The van der Waals surface area contributed by atoms with Gasteiger partial charge in [0, 0.05) is 6.04 Å². The Morgan fingerprint density at radius 1 is 1.11 bits per heavy atom. The first-order valence-electron chi connectivity index (χ1n) is 11.0. The zero-order valence-electron chi connectivity index (χ0n) is 20.0. The van der Waals surface area contributed by atoms with Gasteiger partial charge in [0.2, 0.25) is 0 Å². The lowest BCUT2D eigenvalue weighted by molar-refractivity contribution is -0.192. The van der Waals surface area contributed by atoms with Crippen molar-refractivity contribution in [1.82, 2.24) is 5.32 Å². The molecule has 3 N–H and O–H groups in total. The third-order valence-electron chi connectivity index (χ3n) is 5.46. The van der Waals surface area contributed by atoms with Crippen LogP contribution >= 0.6 is 0 Å². The van der Waals surface area contributed by atoms with Crippen LogP contribution in [0.3, 0.4) is 0 Å². The summed E-state index contributed by atoms with van der Waals surface area (Å²) in [7, 11) is -3.11. The number of carboxylic acids is 1. The molecule has 2 aromatic rings. The molecule has 1 unspecified atom stereocenters. The average Bonchev–Trinajstić information content (AvgIpc) is 3.37. The number of hydrogen-bond acceptors (Lipinski definition) is 6. The molecule has 0 spiro atoms. The number of esters is 1. The van der Waals surface area contributed by atoms with Gasteiger partial charge in [0.1, 0.15) is 0 Å². The van der Waals surface area contributed by atoms with Crippen LogP contribution in [0.1, 0.15) is 52.9 Å². The van der Waals surface area contributed by atoms with Crippen molar-refractivity contribution in [2.45, 2.75) is 49.5 Å². The van der Waals surface area contributed by atoms with Crippen molar-refractivity contribution in [2.24, 2.45) is 0 Å².